The van der Waals surface area contributed by atoms with Gasteiger partial charge in [0.25, 0.3) is 10.0 Å². The molecule has 0 unspecified atom stereocenters. The van der Waals surface area contributed by atoms with E-state index in [1.807, 2.05) is 0 Å². The number of sulfonamides is 1. The fraction of sp³-hybridized carbons (Fsp3) is 0.100. The monoisotopic (exact) mass is 287 g/mol. The van der Waals surface area contributed by atoms with Crippen LogP contribution < -0.4 is 10.5 Å². The molecule has 8 heteroatoms. The lowest BCUT2D eigenvalue weighted by atomic mass is 10.3. The number of aromatic nitrogens is 1. The smallest absolute Gasteiger partial charge is 0.265 e. The number of nitrogens with zero attached hydrogens (tertiary/aromatic N) is 1. The lowest BCUT2D eigenvalue weighted by Crippen LogP contribution is -2.14. The van der Waals surface area contributed by atoms with Gasteiger partial charge in [-0.15, -0.1) is 0 Å². The van der Waals surface area contributed by atoms with E-state index in [0.717, 1.165) is 0 Å². The first-order valence-corrected chi connectivity index (χ1v) is 6.76. The van der Waals surface area contributed by atoms with Crippen LogP contribution in [0.5, 0.6) is 0 Å². The molecule has 0 fully saturated rings. The van der Waals surface area contributed by atoms with Crippen molar-refractivity contribution in [2.75, 3.05) is 10.5 Å². The Hall–Kier alpha value is -1.73. The van der Waals surface area contributed by atoms with Crippen LogP contribution >= 0.6 is 11.6 Å². The number of rotatable bonds is 3. The van der Waals surface area contributed by atoms with E-state index < -0.39 is 10.0 Å². The third kappa shape index (κ3) is 2.57. The van der Waals surface area contributed by atoms with Gasteiger partial charge in [0, 0.05) is 11.1 Å². The van der Waals surface area contributed by atoms with Crippen LogP contribution in [0.4, 0.5) is 11.5 Å². The van der Waals surface area contributed by atoms with Crippen molar-refractivity contribution in [2.45, 2.75) is 11.8 Å². The molecule has 1 aromatic heterocycles. The zero-order valence-electron chi connectivity index (χ0n) is 9.34. The molecule has 0 saturated carbocycles. The molecule has 0 aliphatic rings. The number of nitrogens with two attached hydrogens (primary N) is 1. The number of aryl methyl sites for hydroxylation is 1. The number of hydrogen-bond donors (Lipinski definition) is 2. The lowest BCUT2D eigenvalue weighted by Gasteiger charge is -2.07. The zero-order valence-corrected chi connectivity index (χ0v) is 10.9. The van der Waals surface area contributed by atoms with Gasteiger partial charge in [0.1, 0.15) is 10.7 Å². The summed E-state index contributed by atoms with van der Waals surface area (Å²) >= 11 is 5.71. The van der Waals surface area contributed by atoms with E-state index in [9.17, 15) is 8.42 Å². The molecule has 0 spiro atoms. The van der Waals surface area contributed by atoms with Crippen LogP contribution in [0, 0.1) is 6.92 Å². The number of anilines is 2. The summed E-state index contributed by atoms with van der Waals surface area (Å²) in [5, 5.41) is 3.91. The summed E-state index contributed by atoms with van der Waals surface area (Å²) in [6.07, 6.45) is 0. The summed E-state index contributed by atoms with van der Waals surface area (Å²) in [7, 11) is -3.80. The third-order valence-electron chi connectivity index (χ3n) is 2.13. The Morgan fingerprint density at radius 3 is 2.67 bits per heavy atom. The summed E-state index contributed by atoms with van der Waals surface area (Å²) in [6.45, 7) is 1.65. The fourth-order valence-electron chi connectivity index (χ4n) is 1.37. The molecule has 2 rings (SSSR count). The summed E-state index contributed by atoms with van der Waals surface area (Å²) in [6, 6.07) is 5.60. The molecular formula is C10H10ClN3O3S. The maximum atomic E-state index is 12.0. The van der Waals surface area contributed by atoms with E-state index in [4.69, 9.17) is 21.9 Å². The van der Waals surface area contributed by atoms with Crippen molar-refractivity contribution in [1.82, 2.24) is 5.16 Å². The van der Waals surface area contributed by atoms with E-state index in [1.54, 1.807) is 6.92 Å². The highest BCUT2D eigenvalue weighted by Gasteiger charge is 2.19. The molecule has 0 amide bonds. The van der Waals surface area contributed by atoms with Crippen LogP contribution in [0.2, 0.25) is 5.02 Å². The van der Waals surface area contributed by atoms with Crippen LogP contribution in [-0.2, 0) is 10.0 Å². The predicted molar refractivity (Wildman–Crippen MR) is 67.9 cm³/mol. The lowest BCUT2D eigenvalue weighted by molar-refractivity contribution is 0.400. The van der Waals surface area contributed by atoms with Crippen LogP contribution in [0.15, 0.2) is 33.7 Å². The summed E-state index contributed by atoms with van der Waals surface area (Å²) in [4.78, 5) is -0.0625. The zero-order chi connectivity index (χ0) is 13.3. The molecule has 3 N–H and O–H groups in total. The molecule has 1 heterocycles. The van der Waals surface area contributed by atoms with Gasteiger partial charge in [-0.05, 0) is 25.1 Å². The highest BCUT2D eigenvalue weighted by molar-refractivity contribution is 7.92. The summed E-state index contributed by atoms with van der Waals surface area (Å²) < 4.78 is 31.1. The molecular weight excluding hydrogens is 278 g/mol. The highest BCUT2D eigenvalue weighted by atomic mass is 35.5. The second-order valence-electron chi connectivity index (χ2n) is 3.61. The molecule has 0 bridgehead atoms. The minimum atomic E-state index is -3.80. The molecule has 1 aromatic carbocycles. The Kier molecular flexibility index (Phi) is 3.18. The van der Waals surface area contributed by atoms with Crippen LogP contribution in [0.25, 0.3) is 0 Å². The normalized spacial score (nSPS) is 11.4. The van der Waals surface area contributed by atoms with Gasteiger partial charge in [-0.2, -0.15) is 0 Å². The second kappa shape index (κ2) is 4.51. The van der Waals surface area contributed by atoms with Gasteiger partial charge >= 0.3 is 0 Å². The first-order valence-electron chi connectivity index (χ1n) is 4.89. The third-order valence-corrected chi connectivity index (χ3v) is 3.79. The number of hydrogen-bond acceptors (Lipinski definition) is 5. The Bertz CT molecular complexity index is 681. The van der Waals surface area contributed by atoms with Crippen molar-refractivity contribution in [2.24, 2.45) is 0 Å². The van der Waals surface area contributed by atoms with Crippen LogP contribution in [0.3, 0.4) is 0 Å². The Labute approximate surface area is 109 Å². The first-order chi connectivity index (χ1) is 8.38. The molecule has 18 heavy (non-hydrogen) atoms. The Morgan fingerprint density at radius 2 is 2.11 bits per heavy atom. The van der Waals surface area contributed by atoms with E-state index in [0.29, 0.717) is 10.8 Å². The van der Waals surface area contributed by atoms with Crippen LogP contribution in [0.1, 0.15) is 5.76 Å². The standard InChI is InChI=1S/C10H10ClN3O3S/c1-6-4-10(13-17-6)14-18(15,16)9-3-2-7(11)5-8(9)12/h2-5H,12H2,1H3,(H,13,14). The fourth-order valence-corrected chi connectivity index (χ4v) is 2.65. The Morgan fingerprint density at radius 1 is 1.39 bits per heavy atom. The molecule has 0 radical (unpaired) electrons. The average Bonchev–Trinajstić information content (AvgIpc) is 2.62. The van der Waals surface area contributed by atoms with Crippen molar-refractivity contribution in [3.8, 4) is 0 Å². The second-order valence-corrected chi connectivity index (χ2v) is 5.70. The SMILES string of the molecule is Cc1cc(NS(=O)(=O)c2ccc(Cl)cc2N)no1. The largest absolute Gasteiger partial charge is 0.398 e. The number of halogens is 1. The molecule has 0 aliphatic heterocycles. The molecule has 2 aromatic rings. The number of nitrogen functional groups attached to an aromatic ring is 1. The van der Waals surface area contributed by atoms with Gasteiger partial charge in [-0.25, -0.2) is 8.42 Å². The van der Waals surface area contributed by atoms with E-state index in [2.05, 4.69) is 9.88 Å². The van der Waals surface area contributed by atoms with Gasteiger partial charge in [-0.3, -0.25) is 4.72 Å². The van der Waals surface area contributed by atoms with Crippen molar-refractivity contribution in [3.63, 3.8) is 0 Å². The molecule has 96 valence electrons. The highest BCUT2D eigenvalue weighted by Crippen LogP contribution is 2.24. The van der Waals surface area contributed by atoms with Gasteiger partial charge in [0.2, 0.25) is 0 Å². The van der Waals surface area contributed by atoms with Crippen molar-refractivity contribution in [3.05, 3.63) is 35.0 Å². The summed E-state index contributed by atoms with van der Waals surface area (Å²) in [5.41, 5.74) is 5.68. The van der Waals surface area contributed by atoms with Gasteiger partial charge < -0.3 is 10.3 Å². The van der Waals surface area contributed by atoms with Crippen molar-refractivity contribution in [1.29, 1.82) is 0 Å². The van der Waals surface area contributed by atoms with Gasteiger partial charge in [0.05, 0.1) is 5.69 Å². The molecule has 0 saturated heterocycles. The summed E-state index contributed by atoms with van der Waals surface area (Å²) in [5.74, 6) is 0.596. The number of benzene rings is 1. The van der Waals surface area contributed by atoms with Crippen molar-refractivity contribution < 1.29 is 12.9 Å². The van der Waals surface area contributed by atoms with E-state index in [1.165, 1.54) is 24.3 Å². The minimum absolute atomic E-state index is 0.0625. The minimum Gasteiger partial charge on any atom is -0.398 e. The van der Waals surface area contributed by atoms with Gasteiger partial charge in [0.15, 0.2) is 5.82 Å². The van der Waals surface area contributed by atoms with Crippen LogP contribution in [-0.4, -0.2) is 13.6 Å². The average molecular weight is 288 g/mol. The Balaban J connectivity index is 2.36. The predicted octanol–water partition coefficient (Wildman–Crippen LogP) is 2.02. The quantitative estimate of drug-likeness (QED) is 0.842. The topological polar surface area (TPSA) is 98.2 Å². The number of nitrogens with one attached hydrogen (secondary N) is 1. The van der Waals surface area contributed by atoms with E-state index in [-0.39, 0.29) is 16.4 Å². The van der Waals surface area contributed by atoms with Gasteiger partial charge in [-0.1, -0.05) is 16.8 Å². The molecule has 0 atom stereocenters. The maximum absolute atomic E-state index is 12.0. The molecule has 0 aliphatic carbocycles. The van der Waals surface area contributed by atoms with E-state index >= 15 is 0 Å². The first kappa shape index (κ1) is 12.7. The molecule has 6 nitrogen and oxygen atoms in total. The maximum Gasteiger partial charge on any atom is 0.265 e. The van der Waals surface area contributed by atoms with Crippen molar-refractivity contribution >= 4 is 33.1 Å².